The molecular weight excluding hydrogens is 168 g/mol. The molecular formula is C9H22N2O2. The summed E-state index contributed by atoms with van der Waals surface area (Å²) in [6.07, 6.45) is 0.719. The summed E-state index contributed by atoms with van der Waals surface area (Å²) >= 11 is 0. The van der Waals surface area contributed by atoms with Gasteiger partial charge in [-0.1, -0.05) is 0 Å². The number of nitrogens with zero attached hydrogens (tertiary/aromatic N) is 1. The summed E-state index contributed by atoms with van der Waals surface area (Å²) in [5, 5.41) is 12.4. The molecule has 0 radical (unpaired) electrons. The van der Waals surface area contributed by atoms with E-state index in [4.69, 9.17) is 4.74 Å². The standard InChI is InChI=1S/C9H22N2O2/c1-11(2)6-4-5-10-7-9(12)8-13-3/h9-10,12H,4-8H2,1-3H3. The van der Waals surface area contributed by atoms with E-state index in [-0.39, 0.29) is 6.10 Å². The lowest BCUT2D eigenvalue weighted by Crippen LogP contribution is -2.31. The maximum Gasteiger partial charge on any atom is 0.0897 e. The molecule has 4 heteroatoms. The molecule has 0 saturated heterocycles. The van der Waals surface area contributed by atoms with Crippen LogP contribution in [0.2, 0.25) is 0 Å². The van der Waals surface area contributed by atoms with E-state index in [0.29, 0.717) is 13.2 Å². The first kappa shape index (κ1) is 12.8. The first-order valence-electron chi connectivity index (χ1n) is 4.69. The second-order valence-corrected chi connectivity index (χ2v) is 3.47. The largest absolute Gasteiger partial charge is 0.389 e. The number of nitrogens with one attached hydrogen (secondary N) is 1. The van der Waals surface area contributed by atoms with Crippen LogP contribution >= 0.6 is 0 Å². The molecule has 0 fully saturated rings. The minimum Gasteiger partial charge on any atom is -0.389 e. The van der Waals surface area contributed by atoms with Crippen molar-refractivity contribution in [3.05, 3.63) is 0 Å². The Balaban J connectivity index is 3.06. The van der Waals surface area contributed by atoms with Gasteiger partial charge in [0.05, 0.1) is 12.7 Å². The predicted octanol–water partition coefficient (Wildman–Crippen LogP) is -0.465. The molecule has 0 aromatic heterocycles. The maximum absolute atomic E-state index is 9.26. The van der Waals surface area contributed by atoms with Crippen LogP contribution in [0.1, 0.15) is 6.42 Å². The van der Waals surface area contributed by atoms with Gasteiger partial charge in [0, 0.05) is 13.7 Å². The van der Waals surface area contributed by atoms with Crippen molar-refractivity contribution in [2.75, 3.05) is 47.4 Å². The topological polar surface area (TPSA) is 44.7 Å². The first-order valence-corrected chi connectivity index (χ1v) is 4.69. The van der Waals surface area contributed by atoms with Gasteiger partial charge in [0.2, 0.25) is 0 Å². The molecule has 13 heavy (non-hydrogen) atoms. The average molecular weight is 190 g/mol. The van der Waals surface area contributed by atoms with Gasteiger partial charge in [0.25, 0.3) is 0 Å². The summed E-state index contributed by atoms with van der Waals surface area (Å²) in [6, 6.07) is 0. The number of ether oxygens (including phenoxy) is 1. The quantitative estimate of drug-likeness (QED) is 0.508. The average Bonchev–Trinajstić information content (AvgIpc) is 2.03. The van der Waals surface area contributed by atoms with E-state index < -0.39 is 0 Å². The van der Waals surface area contributed by atoms with Gasteiger partial charge in [0.15, 0.2) is 0 Å². The molecule has 80 valence electrons. The molecule has 0 amide bonds. The molecule has 1 atom stereocenters. The normalized spacial score (nSPS) is 13.6. The Morgan fingerprint density at radius 1 is 1.46 bits per heavy atom. The number of hydrogen-bond acceptors (Lipinski definition) is 4. The van der Waals surface area contributed by atoms with Crippen molar-refractivity contribution in [3.63, 3.8) is 0 Å². The third-order valence-corrected chi connectivity index (χ3v) is 1.70. The number of rotatable bonds is 8. The number of aliphatic hydroxyl groups is 1. The first-order chi connectivity index (χ1) is 6.16. The molecule has 0 aliphatic carbocycles. The van der Waals surface area contributed by atoms with Crippen LogP contribution in [0, 0.1) is 0 Å². The van der Waals surface area contributed by atoms with Crippen molar-refractivity contribution < 1.29 is 9.84 Å². The highest BCUT2D eigenvalue weighted by Gasteiger charge is 2.01. The van der Waals surface area contributed by atoms with Crippen molar-refractivity contribution in [2.45, 2.75) is 12.5 Å². The Kier molecular flexibility index (Phi) is 8.33. The Hall–Kier alpha value is -0.160. The molecule has 0 aliphatic heterocycles. The molecule has 1 unspecified atom stereocenters. The lowest BCUT2D eigenvalue weighted by molar-refractivity contribution is 0.0646. The zero-order chi connectivity index (χ0) is 10.1. The minimum atomic E-state index is -0.385. The van der Waals surface area contributed by atoms with Gasteiger partial charge < -0.3 is 20.1 Å². The number of hydrogen-bond donors (Lipinski definition) is 2. The molecule has 0 aromatic carbocycles. The van der Waals surface area contributed by atoms with Crippen LogP contribution in [0.4, 0.5) is 0 Å². The van der Waals surface area contributed by atoms with Crippen molar-refractivity contribution >= 4 is 0 Å². The van der Waals surface area contributed by atoms with E-state index in [1.165, 1.54) is 0 Å². The fraction of sp³-hybridized carbons (Fsp3) is 1.00. The summed E-state index contributed by atoms with van der Waals surface area (Å²) < 4.78 is 4.80. The highest BCUT2D eigenvalue weighted by Crippen LogP contribution is 1.83. The maximum atomic E-state index is 9.26. The van der Waals surface area contributed by atoms with Gasteiger partial charge in [-0.05, 0) is 33.6 Å². The number of aliphatic hydroxyl groups excluding tert-OH is 1. The van der Waals surface area contributed by atoms with Crippen LogP contribution < -0.4 is 5.32 Å². The molecule has 0 heterocycles. The van der Waals surface area contributed by atoms with Crippen LogP contribution in [-0.4, -0.2) is 63.6 Å². The van der Waals surface area contributed by atoms with Gasteiger partial charge in [-0.25, -0.2) is 0 Å². The lowest BCUT2D eigenvalue weighted by atomic mass is 10.3. The van der Waals surface area contributed by atoms with E-state index in [0.717, 1.165) is 19.5 Å². The van der Waals surface area contributed by atoms with Gasteiger partial charge in [0.1, 0.15) is 0 Å². The van der Waals surface area contributed by atoms with Gasteiger partial charge in [-0.3, -0.25) is 0 Å². The molecule has 2 N–H and O–H groups in total. The molecule has 0 aliphatic rings. The third-order valence-electron chi connectivity index (χ3n) is 1.70. The second-order valence-electron chi connectivity index (χ2n) is 3.47. The van der Waals surface area contributed by atoms with Crippen LogP contribution in [0.5, 0.6) is 0 Å². The van der Waals surface area contributed by atoms with E-state index in [2.05, 4.69) is 24.3 Å². The van der Waals surface area contributed by atoms with Crippen molar-refractivity contribution in [3.8, 4) is 0 Å². The van der Waals surface area contributed by atoms with Crippen LogP contribution in [0.25, 0.3) is 0 Å². The van der Waals surface area contributed by atoms with Crippen molar-refractivity contribution in [2.24, 2.45) is 0 Å². The molecule has 0 saturated carbocycles. The van der Waals surface area contributed by atoms with Crippen molar-refractivity contribution in [1.82, 2.24) is 10.2 Å². The van der Waals surface area contributed by atoms with E-state index in [1.807, 2.05) is 0 Å². The zero-order valence-electron chi connectivity index (χ0n) is 8.92. The van der Waals surface area contributed by atoms with E-state index >= 15 is 0 Å². The Morgan fingerprint density at radius 3 is 2.69 bits per heavy atom. The monoisotopic (exact) mass is 190 g/mol. The predicted molar refractivity (Wildman–Crippen MR) is 53.9 cm³/mol. The molecule has 0 aromatic rings. The van der Waals surface area contributed by atoms with E-state index in [1.54, 1.807) is 7.11 Å². The zero-order valence-corrected chi connectivity index (χ0v) is 8.92. The summed E-state index contributed by atoms with van der Waals surface area (Å²) in [5.74, 6) is 0. The SMILES string of the molecule is COCC(O)CNCCCN(C)C. The molecule has 0 spiro atoms. The van der Waals surface area contributed by atoms with Gasteiger partial charge in [-0.15, -0.1) is 0 Å². The Labute approximate surface area is 80.9 Å². The van der Waals surface area contributed by atoms with Gasteiger partial charge >= 0.3 is 0 Å². The highest BCUT2D eigenvalue weighted by atomic mass is 16.5. The Bertz CT molecular complexity index is 110. The fourth-order valence-electron chi connectivity index (χ4n) is 1.04. The van der Waals surface area contributed by atoms with E-state index in [9.17, 15) is 5.11 Å². The summed E-state index contributed by atoms with van der Waals surface area (Å²) in [4.78, 5) is 2.15. The second kappa shape index (κ2) is 8.44. The lowest BCUT2D eigenvalue weighted by Gasteiger charge is -2.12. The fourth-order valence-corrected chi connectivity index (χ4v) is 1.04. The van der Waals surface area contributed by atoms with Crippen LogP contribution in [-0.2, 0) is 4.74 Å². The summed E-state index contributed by atoms with van der Waals surface area (Å²) in [5.41, 5.74) is 0. The molecule has 0 rings (SSSR count). The van der Waals surface area contributed by atoms with Crippen LogP contribution in [0.3, 0.4) is 0 Å². The summed E-state index contributed by atoms with van der Waals surface area (Å²) in [7, 11) is 5.70. The summed E-state index contributed by atoms with van der Waals surface area (Å²) in [6.45, 7) is 3.04. The van der Waals surface area contributed by atoms with Crippen LogP contribution in [0.15, 0.2) is 0 Å². The Morgan fingerprint density at radius 2 is 2.15 bits per heavy atom. The minimum absolute atomic E-state index is 0.385. The number of methoxy groups -OCH3 is 1. The molecule has 4 nitrogen and oxygen atoms in total. The third kappa shape index (κ3) is 9.76. The highest BCUT2D eigenvalue weighted by molar-refractivity contribution is 4.58. The smallest absolute Gasteiger partial charge is 0.0897 e. The molecule has 0 bridgehead atoms. The van der Waals surface area contributed by atoms with Gasteiger partial charge in [-0.2, -0.15) is 0 Å². The van der Waals surface area contributed by atoms with Crippen molar-refractivity contribution in [1.29, 1.82) is 0 Å².